The zero-order chi connectivity index (χ0) is 24.3. The number of nitrogens with one attached hydrogen (secondary N) is 2. The van der Waals surface area contributed by atoms with Crippen LogP contribution in [-0.4, -0.2) is 40.0 Å². The largest absolute Gasteiger partial charge is 0.445 e. The van der Waals surface area contributed by atoms with E-state index in [1.54, 1.807) is 12.1 Å². The van der Waals surface area contributed by atoms with Gasteiger partial charge in [0.1, 0.15) is 13.2 Å². The predicted molar refractivity (Wildman–Crippen MR) is 127 cm³/mol. The quantitative estimate of drug-likeness (QED) is 0.516. The van der Waals surface area contributed by atoms with Crippen LogP contribution in [0.4, 0.5) is 9.59 Å². The highest BCUT2D eigenvalue weighted by Gasteiger charge is 2.32. The van der Waals surface area contributed by atoms with Gasteiger partial charge in [0.2, 0.25) is 0 Å². The van der Waals surface area contributed by atoms with Crippen LogP contribution in [-0.2, 0) is 35.7 Å². The third-order valence-electron chi connectivity index (χ3n) is 5.12. The Morgan fingerprint density at radius 2 is 1.61 bits per heavy atom. The number of ether oxygens (including phenoxy) is 2. The van der Waals surface area contributed by atoms with Crippen molar-refractivity contribution < 1.29 is 24.2 Å². The smallest absolute Gasteiger partial charge is 0.407 e. The standard InChI is InChI=1S/C23H29Cl2N3O5/c1-12(2)26-22(30)32-10-16-17(11-33-23(31)27-13(3)4)21(28-9-15(29)8-20(16)28)14-5-6-18(24)19(25)7-14/h5-7,12-13,15,29H,8-11H2,1-4H3,(H,26,30)(H,27,31)/t15-/m0/s1. The molecule has 2 amide bonds. The van der Waals surface area contributed by atoms with Gasteiger partial charge in [0, 0.05) is 47.4 Å². The van der Waals surface area contributed by atoms with Gasteiger partial charge in [-0.1, -0.05) is 29.3 Å². The zero-order valence-electron chi connectivity index (χ0n) is 19.1. The molecule has 0 fully saturated rings. The van der Waals surface area contributed by atoms with E-state index in [2.05, 4.69) is 10.6 Å². The number of hydrogen-bond donors (Lipinski definition) is 3. The Morgan fingerprint density at radius 3 is 2.15 bits per heavy atom. The number of rotatable bonds is 7. The van der Waals surface area contributed by atoms with E-state index in [9.17, 15) is 14.7 Å². The van der Waals surface area contributed by atoms with Crippen molar-refractivity contribution in [1.29, 1.82) is 0 Å². The minimum Gasteiger partial charge on any atom is -0.445 e. The van der Waals surface area contributed by atoms with Gasteiger partial charge in [-0.25, -0.2) is 9.59 Å². The lowest BCUT2D eigenvalue weighted by Gasteiger charge is -2.15. The van der Waals surface area contributed by atoms with Crippen LogP contribution in [0.2, 0.25) is 10.0 Å². The summed E-state index contributed by atoms with van der Waals surface area (Å²) in [5.41, 5.74) is 3.69. The number of amides is 2. The average molecular weight is 498 g/mol. The van der Waals surface area contributed by atoms with E-state index in [-0.39, 0.29) is 25.3 Å². The third-order valence-corrected chi connectivity index (χ3v) is 5.86. The van der Waals surface area contributed by atoms with E-state index in [1.165, 1.54) is 0 Å². The van der Waals surface area contributed by atoms with Crippen molar-refractivity contribution in [2.45, 2.75) is 72.1 Å². The molecule has 180 valence electrons. The molecule has 2 heterocycles. The van der Waals surface area contributed by atoms with Gasteiger partial charge in [0.25, 0.3) is 0 Å². The number of alkyl carbamates (subject to hydrolysis) is 2. The number of carbonyl (C=O) groups excluding carboxylic acids is 2. The first kappa shape index (κ1) is 25.2. The number of hydrogen-bond acceptors (Lipinski definition) is 5. The number of fused-ring (bicyclic) bond motifs is 1. The molecule has 0 radical (unpaired) electrons. The second-order valence-corrected chi connectivity index (χ2v) is 9.41. The van der Waals surface area contributed by atoms with Crippen LogP contribution in [0, 0.1) is 0 Å². The Bertz CT molecular complexity index is 1040. The first-order valence-corrected chi connectivity index (χ1v) is 11.6. The number of aliphatic hydroxyl groups is 1. The van der Waals surface area contributed by atoms with Crippen LogP contribution in [0.25, 0.3) is 11.3 Å². The molecule has 1 aliphatic rings. The minimum absolute atomic E-state index is 0.0353. The van der Waals surface area contributed by atoms with Gasteiger partial charge in [0.15, 0.2) is 0 Å². The minimum atomic E-state index is -0.580. The Balaban J connectivity index is 2.03. The summed E-state index contributed by atoms with van der Waals surface area (Å²) >= 11 is 12.4. The van der Waals surface area contributed by atoms with E-state index in [1.807, 2.05) is 38.3 Å². The van der Waals surface area contributed by atoms with Gasteiger partial charge < -0.3 is 29.8 Å². The zero-order valence-corrected chi connectivity index (χ0v) is 20.6. The molecule has 8 nitrogen and oxygen atoms in total. The molecule has 0 unspecified atom stereocenters. The Hall–Kier alpha value is -2.42. The summed E-state index contributed by atoms with van der Waals surface area (Å²) in [5, 5.41) is 16.5. The van der Waals surface area contributed by atoms with Crippen LogP contribution in [0.15, 0.2) is 18.2 Å². The molecule has 1 aromatic heterocycles. The second kappa shape index (κ2) is 10.7. The topological polar surface area (TPSA) is 102 Å². The molecule has 0 saturated carbocycles. The van der Waals surface area contributed by atoms with Crippen molar-refractivity contribution in [3.8, 4) is 11.3 Å². The first-order chi connectivity index (χ1) is 15.6. The summed E-state index contributed by atoms with van der Waals surface area (Å²) in [5.74, 6) is 0. The molecule has 3 N–H and O–H groups in total. The molecule has 0 aliphatic carbocycles. The molecule has 1 aromatic carbocycles. The van der Waals surface area contributed by atoms with Crippen LogP contribution in [0.1, 0.15) is 44.5 Å². The van der Waals surface area contributed by atoms with Crippen LogP contribution < -0.4 is 10.6 Å². The Morgan fingerprint density at radius 1 is 1.03 bits per heavy atom. The molecular weight excluding hydrogens is 469 g/mol. The van der Waals surface area contributed by atoms with Crippen molar-refractivity contribution in [1.82, 2.24) is 15.2 Å². The van der Waals surface area contributed by atoms with Crippen molar-refractivity contribution in [2.75, 3.05) is 0 Å². The van der Waals surface area contributed by atoms with E-state index in [0.717, 1.165) is 17.0 Å². The summed E-state index contributed by atoms with van der Waals surface area (Å²) in [6.45, 7) is 7.62. The fourth-order valence-electron chi connectivity index (χ4n) is 3.84. The Labute approximate surface area is 203 Å². The van der Waals surface area contributed by atoms with Gasteiger partial charge in [-0.05, 0) is 39.8 Å². The summed E-state index contributed by atoms with van der Waals surface area (Å²) in [6.07, 6.45) is -1.30. The maximum Gasteiger partial charge on any atom is 0.407 e. The maximum atomic E-state index is 12.2. The third kappa shape index (κ3) is 6.13. The molecule has 1 aliphatic heterocycles. The lowest BCUT2D eigenvalue weighted by atomic mass is 10.0. The summed E-state index contributed by atoms with van der Waals surface area (Å²) in [7, 11) is 0. The number of aromatic nitrogens is 1. The van der Waals surface area contributed by atoms with E-state index < -0.39 is 18.3 Å². The highest BCUT2D eigenvalue weighted by atomic mass is 35.5. The van der Waals surface area contributed by atoms with Crippen LogP contribution in [0.5, 0.6) is 0 Å². The van der Waals surface area contributed by atoms with E-state index >= 15 is 0 Å². The lowest BCUT2D eigenvalue weighted by molar-refractivity contribution is 0.129. The molecule has 1 atom stereocenters. The van der Waals surface area contributed by atoms with E-state index in [0.29, 0.717) is 34.1 Å². The molecule has 33 heavy (non-hydrogen) atoms. The lowest BCUT2D eigenvalue weighted by Crippen LogP contribution is -2.31. The molecular formula is C23H29Cl2N3O5. The normalized spacial score (nSPS) is 15.0. The van der Waals surface area contributed by atoms with Crippen molar-refractivity contribution in [3.63, 3.8) is 0 Å². The maximum absolute atomic E-state index is 12.2. The number of aliphatic hydroxyl groups excluding tert-OH is 1. The van der Waals surface area contributed by atoms with Gasteiger partial charge in [-0.15, -0.1) is 0 Å². The fourth-order valence-corrected chi connectivity index (χ4v) is 4.14. The van der Waals surface area contributed by atoms with Gasteiger partial charge in [0.05, 0.1) is 21.8 Å². The summed E-state index contributed by atoms with van der Waals surface area (Å²) in [4.78, 5) is 24.3. The highest BCUT2D eigenvalue weighted by Crippen LogP contribution is 2.39. The van der Waals surface area contributed by atoms with Gasteiger partial charge >= 0.3 is 12.2 Å². The number of carbonyl (C=O) groups is 2. The monoisotopic (exact) mass is 497 g/mol. The number of benzene rings is 1. The van der Waals surface area contributed by atoms with Gasteiger partial charge in [-0.3, -0.25) is 0 Å². The molecule has 10 heteroatoms. The van der Waals surface area contributed by atoms with Crippen molar-refractivity contribution in [2.24, 2.45) is 0 Å². The van der Waals surface area contributed by atoms with Crippen LogP contribution >= 0.6 is 23.2 Å². The second-order valence-electron chi connectivity index (χ2n) is 8.60. The molecule has 3 rings (SSSR count). The van der Waals surface area contributed by atoms with E-state index in [4.69, 9.17) is 32.7 Å². The van der Waals surface area contributed by atoms with Crippen molar-refractivity contribution in [3.05, 3.63) is 45.1 Å². The Kier molecular flexibility index (Phi) is 8.15. The predicted octanol–water partition coefficient (Wildman–Crippen LogP) is 4.65. The summed E-state index contributed by atoms with van der Waals surface area (Å²) in [6, 6.07) is 5.07. The average Bonchev–Trinajstić information content (AvgIpc) is 3.20. The van der Waals surface area contributed by atoms with Crippen molar-refractivity contribution >= 4 is 35.4 Å². The van der Waals surface area contributed by atoms with Crippen LogP contribution in [0.3, 0.4) is 0 Å². The SMILES string of the molecule is CC(C)NC(=O)OCc1c(COC(=O)NC(C)C)c(-c2ccc(Cl)c(Cl)c2)n2c1C[C@H](O)C2. The summed E-state index contributed by atoms with van der Waals surface area (Å²) < 4.78 is 12.9. The molecule has 0 spiro atoms. The first-order valence-electron chi connectivity index (χ1n) is 10.8. The molecule has 0 bridgehead atoms. The number of halogens is 2. The highest BCUT2D eigenvalue weighted by molar-refractivity contribution is 6.42. The number of nitrogens with zero attached hydrogens (tertiary/aromatic N) is 1. The van der Waals surface area contributed by atoms with Gasteiger partial charge in [-0.2, -0.15) is 0 Å². The molecule has 0 saturated heterocycles. The molecule has 2 aromatic rings. The fraction of sp³-hybridized carbons (Fsp3) is 0.478.